The first kappa shape index (κ1) is 28.8. The number of nitrogens with zero attached hydrogens (tertiary/aromatic N) is 2. The number of amides is 6. The quantitative estimate of drug-likeness (QED) is 0.254. The number of unbranched alkanes of at least 4 members (excludes halogenated alkanes) is 2. The highest BCUT2D eigenvalue weighted by Crippen LogP contribution is 2.14. The molecule has 1 atom stereocenters. The molecule has 0 radical (unpaired) electrons. The molecule has 10 nitrogen and oxygen atoms in total. The Bertz CT molecular complexity index is 603. The molecule has 0 aliphatic heterocycles. The van der Waals surface area contributed by atoms with E-state index in [2.05, 4.69) is 10.8 Å². The zero-order valence-electron chi connectivity index (χ0n) is 20.0. The summed E-state index contributed by atoms with van der Waals surface area (Å²) in [7, 11) is 1.37. The highest BCUT2D eigenvalue weighted by molar-refractivity contribution is 5.94. The van der Waals surface area contributed by atoms with Gasteiger partial charge >= 0.3 is 12.1 Å². The number of hydrogen-bond acceptors (Lipinski definition) is 6. The van der Waals surface area contributed by atoms with Gasteiger partial charge in [-0.25, -0.2) is 15.1 Å². The fourth-order valence-electron chi connectivity index (χ4n) is 2.41. The van der Waals surface area contributed by atoms with E-state index in [9.17, 15) is 24.4 Å². The predicted molar refractivity (Wildman–Crippen MR) is 116 cm³/mol. The Morgan fingerprint density at radius 2 is 1.58 bits per heavy atom. The van der Waals surface area contributed by atoms with E-state index in [0.717, 1.165) is 11.3 Å². The zero-order valence-corrected chi connectivity index (χ0v) is 20.0. The summed E-state index contributed by atoms with van der Waals surface area (Å²) >= 11 is 0. The fourth-order valence-corrected chi connectivity index (χ4v) is 2.41. The lowest BCUT2D eigenvalue weighted by Gasteiger charge is -2.22. The number of carbonyl (C=O) groups excluding carboxylic acids is 4. The molecule has 31 heavy (non-hydrogen) atoms. The molecule has 0 aromatic heterocycles. The van der Waals surface area contributed by atoms with Gasteiger partial charge in [-0.05, 0) is 46.0 Å². The van der Waals surface area contributed by atoms with Crippen LogP contribution in [0.15, 0.2) is 0 Å². The molecule has 6 amide bonds. The van der Waals surface area contributed by atoms with E-state index in [4.69, 9.17) is 4.84 Å². The summed E-state index contributed by atoms with van der Waals surface area (Å²) in [6.07, 6.45) is 3.33. The molecule has 0 bridgehead atoms. The first-order valence-corrected chi connectivity index (χ1v) is 10.8. The number of hydrogen-bond donors (Lipinski definition) is 3. The van der Waals surface area contributed by atoms with Gasteiger partial charge in [0.25, 0.3) is 5.91 Å². The molecule has 0 rings (SSSR count). The van der Waals surface area contributed by atoms with Crippen LogP contribution in [0.25, 0.3) is 0 Å². The average molecular weight is 445 g/mol. The molecule has 0 spiro atoms. The second-order valence-electron chi connectivity index (χ2n) is 9.14. The number of imide groups is 2. The number of nitrogens with one attached hydrogen (secondary N) is 2. The van der Waals surface area contributed by atoms with Gasteiger partial charge in [0.15, 0.2) is 0 Å². The molecule has 0 heterocycles. The Morgan fingerprint density at radius 1 is 0.968 bits per heavy atom. The molecule has 0 saturated carbocycles. The molecule has 180 valence electrons. The molecule has 0 aromatic rings. The number of carbonyl (C=O) groups is 4. The molecule has 0 unspecified atom stereocenters. The first-order valence-electron chi connectivity index (χ1n) is 10.8. The van der Waals surface area contributed by atoms with Crippen LogP contribution in [0.4, 0.5) is 9.59 Å². The minimum absolute atomic E-state index is 0.141. The van der Waals surface area contributed by atoms with Crippen molar-refractivity contribution in [3.8, 4) is 0 Å². The van der Waals surface area contributed by atoms with Gasteiger partial charge in [0.2, 0.25) is 5.91 Å². The average Bonchev–Trinajstić information content (AvgIpc) is 2.69. The third kappa shape index (κ3) is 13.0. The predicted octanol–water partition coefficient (Wildman–Crippen LogP) is 3.44. The summed E-state index contributed by atoms with van der Waals surface area (Å²) in [6.45, 7) is 11.3. The van der Waals surface area contributed by atoms with Crippen LogP contribution in [0.2, 0.25) is 0 Å². The number of hydroxylamine groups is 3. The maximum Gasteiger partial charge on any atom is 0.348 e. The molecule has 0 aliphatic rings. The zero-order chi connectivity index (χ0) is 24.2. The van der Waals surface area contributed by atoms with Crippen molar-refractivity contribution in [2.75, 3.05) is 13.6 Å². The van der Waals surface area contributed by atoms with Gasteiger partial charge in [0.05, 0.1) is 5.60 Å². The Kier molecular flexibility index (Phi) is 13.0. The second-order valence-corrected chi connectivity index (χ2v) is 9.14. The normalized spacial score (nSPS) is 12.3. The van der Waals surface area contributed by atoms with Gasteiger partial charge in [-0.2, -0.15) is 0 Å². The van der Waals surface area contributed by atoms with Gasteiger partial charge < -0.3 is 5.32 Å². The van der Waals surface area contributed by atoms with Crippen molar-refractivity contribution in [1.82, 2.24) is 20.8 Å². The van der Waals surface area contributed by atoms with E-state index in [1.807, 2.05) is 13.8 Å². The van der Waals surface area contributed by atoms with E-state index in [0.29, 0.717) is 31.6 Å². The molecule has 0 aliphatic carbocycles. The topological polar surface area (TPSA) is 128 Å². The SMILES string of the molecule is CC(C)CC[C@H](C)C(=O)N(O)C(=O)NCCCCCC(=O)N(C)C(=O)NOC(C)(C)C. The molecule has 3 N–H and O–H groups in total. The van der Waals surface area contributed by atoms with Crippen LogP contribution in [0.1, 0.15) is 80.1 Å². The lowest BCUT2D eigenvalue weighted by molar-refractivity contribution is -0.157. The van der Waals surface area contributed by atoms with E-state index in [1.54, 1.807) is 27.7 Å². The van der Waals surface area contributed by atoms with Crippen LogP contribution in [0.5, 0.6) is 0 Å². The number of rotatable bonds is 11. The summed E-state index contributed by atoms with van der Waals surface area (Å²) in [5, 5.41) is 12.4. The standard InChI is InChI=1S/C21H40N4O6/c1-15(2)12-13-16(3)18(27)25(30)19(28)22-14-10-8-9-11-17(26)24(7)20(29)23-31-21(4,5)6/h15-16,30H,8-14H2,1-7H3,(H,22,28)(H,23,29)/t16-/m0/s1. The fraction of sp³-hybridized carbons (Fsp3) is 0.810. The van der Waals surface area contributed by atoms with Crippen molar-refractivity contribution in [3.63, 3.8) is 0 Å². The van der Waals surface area contributed by atoms with Crippen molar-refractivity contribution in [2.24, 2.45) is 11.8 Å². The van der Waals surface area contributed by atoms with Crippen molar-refractivity contribution in [2.45, 2.75) is 85.7 Å². The summed E-state index contributed by atoms with van der Waals surface area (Å²) in [6, 6.07) is -1.49. The van der Waals surface area contributed by atoms with Gasteiger partial charge in [-0.15, -0.1) is 5.06 Å². The van der Waals surface area contributed by atoms with Crippen molar-refractivity contribution in [3.05, 3.63) is 0 Å². The lowest BCUT2D eigenvalue weighted by Crippen LogP contribution is -2.44. The van der Waals surface area contributed by atoms with Crippen LogP contribution >= 0.6 is 0 Å². The molecule has 0 aromatic carbocycles. The van der Waals surface area contributed by atoms with Crippen LogP contribution in [0, 0.1) is 11.8 Å². The van der Waals surface area contributed by atoms with Crippen LogP contribution in [0.3, 0.4) is 0 Å². The third-order valence-electron chi connectivity index (χ3n) is 4.47. The molecule has 0 fully saturated rings. The number of urea groups is 2. The minimum Gasteiger partial charge on any atom is -0.336 e. The van der Waals surface area contributed by atoms with Crippen molar-refractivity contribution >= 4 is 23.9 Å². The molecule has 0 saturated heterocycles. The van der Waals surface area contributed by atoms with Gasteiger partial charge in [-0.1, -0.05) is 33.6 Å². The summed E-state index contributed by atoms with van der Waals surface area (Å²) in [4.78, 5) is 53.9. The smallest absolute Gasteiger partial charge is 0.336 e. The van der Waals surface area contributed by atoms with Crippen LogP contribution in [-0.2, 0) is 14.4 Å². The van der Waals surface area contributed by atoms with Crippen LogP contribution in [-0.4, -0.2) is 58.2 Å². The van der Waals surface area contributed by atoms with Crippen molar-refractivity contribution in [1.29, 1.82) is 0 Å². The monoisotopic (exact) mass is 444 g/mol. The highest BCUT2D eigenvalue weighted by atomic mass is 16.7. The summed E-state index contributed by atoms with van der Waals surface area (Å²) < 4.78 is 0. The van der Waals surface area contributed by atoms with E-state index < -0.39 is 29.5 Å². The Morgan fingerprint density at radius 3 is 2.13 bits per heavy atom. The van der Waals surface area contributed by atoms with Crippen molar-refractivity contribution < 1.29 is 29.2 Å². The highest BCUT2D eigenvalue weighted by Gasteiger charge is 2.24. The maximum absolute atomic E-state index is 12.1. The molecular weight excluding hydrogens is 404 g/mol. The maximum atomic E-state index is 12.1. The first-order chi connectivity index (χ1) is 14.3. The Labute approximate surface area is 185 Å². The third-order valence-corrected chi connectivity index (χ3v) is 4.47. The lowest BCUT2D eigenvalue weighted by atomic mass is 9.99. The van der Waals surface area contributed by atoms with Gasteiger partial charge in [0.1, 0.15) is 0 Å². The van der Waals surface area contributed by atoms with Gasteiger partial charge in [0, 0.05) is 25.9 Å². The van der Waals surface area contributed by atoms with Gasteiger partial charge in [-0.3, -0.25) is 24.5 Å². The van der Waals surface area contributed by atoms with E-state index in [-0.39, 0.29) is 23.9 Å². The summed E-state index contributed by atoms with van der Waals surface area (Å²) in [5.74, 6) is -0.969. The Hall–Kier alpha value is -2.20. The Balaban J connectivity index is 4.07. The second kappa shape index (κ2) is 14.0. The largest absolute Gasteiger partial charge is 0.348 e. The summed E-state index contributed by atoms with van der Waals surface area (Å²) in [5.41, 5.74) is 1.67. The van der Waals surface area contributed by atoms with E-state index >= 15 is 0 Å². The van der Waals surface area contributed by atoms with Crippen LogP contribution < -0.4 is 10.8 Å². The minimum atomic E-state index is -0.854. The molecule has 10 heteroatoms. The van der Waals surface area contributed by atoms with E-state index in [1.165, 1.54) is 7.05 Å². The molecular formula is C21H40N4O6.